The minimum atomic E-state index is -0.538. The number of hydrogen-bond donors (Lipinski definition) is 1. The zero-order chi connectivity index (χ0) is 13.1. The van der Waals surface area contributed by atoms with E-state index in [0.29, 0.717) is 12.0 Å². The Morgan fingerprint density at radius 3 is 2.39 bits per heavy atom. The van der Waals surface area contributed by atoms with Gasteiger partial charge in [-0.25, -0.2) is 8.78 Å². The van der Waals surface area contributed by atoms with E-state index < -0.39 is 11.6 Å². The first-order valence-electron chi connectivity index (χ1n) is 5.44. The number of benzene rings is 1. The lowest BCUT2D eigenvalue weighted by molar-refractivity contribution is 0.562. The van der Waals surface area contributed by atoms with Gasteiger partial charge in [0.05, 0.1) is 0 Å². The Balaban J connectivity index is 2.23. The second kappa shape index (κ2) is 5.91. The van der Waals surface area contributed by atoms with Crippen LogP contribution in [0.1, 0.15) is 17.2 Å². The lowest BCUT2D eigenvalue weighted by Crippen LogP contribution is -2.18. The molecule has 96 valence electrons. The van der Waals surface area contributed by atoms with Crippen LogP contribution in [-0.2, 0) is 6.42 Å². The molecule has 1 aromatic heterocycles. The van der Waals surface area contributed by atoms with Crippen molar-refractivity contribution in [3.05, 3.63) is 56.2 Å². The molecule has 1 unspecified atom stereocenters. The normalized spacial score (nSPS) is 12.7. The Hall–Kier alpha value is -0.780. The van der Waals surface area contributed by atoms with E-state index in [1.807, 2.05) is 17.8 Å². The van der Waals surface area contributed by atoms with Gasteiger partial charge >= 0.3 is 0 Å². The van der Waals surface area contributed by atoms with Crippen LogP contribution >= 0.6 is 27.3 Å². The highest BCUT2D eigenvalue weighted by atomic mass is 79.9. The van der Waals surface area contributed by atoms with Gasteiger partial charge in [0.1, 0.15) is 11.6 Å². The summed E-state index contributed by atoms with van der Waals surface area (Å²) in [6, 6.07) is 3.66. The van der Waals surface area contributed by atoms with Crippen LogP contribution in [0.5, 0.6) is 0 Å². The highest BCUT2D eigenvalue weighted by Gasteiger charge is 2.15. The molecule has 0 aliphatic heterocycles. The average Bonchev–Trinajstić information content (AvgIpc) is 2.71. The molecule has 1 aromatic carbocycles. The van der Waals surface area contributed by atoms with E-state index in [4.69, 9.17) is 0 Å². The quantitative estimate of drug-likeness (QED) is 0.881. The van der Waals surface area contributed by atoms with Gasteiger partial charge in [0.15, 0.2) is 0 Å². The second-order valence-corrected chi connectivity index (χ2v) is 5.60. The molecule has 0 aliphatic carbocycles. The third kappa shape index (κ3) is 3.16. The molecule has 0 saturated heterocycles. The van der Waals surface area contributed by atoms with E-state index in [9.17, 15) is 8.78 Å². The summed E-state index contributed by atoms with van der Waals surface area (Å²) in [5.74, 6) is -1.08. The zero-order valence-corrected chi connectivity index (χ0v) is 12.1. The number of likely N-dealkylation sites (N-methyl/N-ethyl adjacent to an activating group) is 1. The number of halogens is 3. The fraction of sp³-hybridized carbons (Fsp3) is 0.231. The second-order valence-electron chi connectivity index (χ2n) is 4.00. The van der Waals surface area contributed by atoms with Gasteiger partial charge in [-0.1, -0.05) is 0 Å². The topological polar surface area (TPSA) is 12.0 Å². The highest BCUT2D eigenvalue weighted by Crippen LogP contribution is 2.29. The van der Waals surface area contributed by atoms with Crippen molar-refractivity contribution in [3.8, 4) is 0 Å². The molecular formula is C13H12BrF2NS. The first-order valence-corrected chi connectivity index (χ1v) is 7.17. The summed E-state index contributed by atoms with van der Waals surface area (Å²) in [6.45, 7) is 0. The van der Waals surface area contributed by atoms with Crippen molar-refractivity contribution in [1.82, 2.24) is 5.32 Å². The van der Waals surface area contributed by atoms with E-state index in [1.165, 1.54) is 12.1 Å². The Morgan fingerprint density at radius 1 is 1.22 bits per heavy atom. The van der Waals surface area contributed by atoms with Crippen LogP contribution in [-0.4, -0.2) is 7.05 Å². The van der Waals surface area contributed by atoms with Gasteiger partial charge in [0.2, 0.25) is 0 Å². The Bertz CT molecular complexity index is 521. The zero-order valence-electron chi connectivity index (χ0n) is 9.71. The number of hydrogen-bond acceptors (Lipinski definition) is 2. The lowest BCUT2D eigenvalue weighted by Gasteiger charge is -2.16. The van der Waals surface area contributed by atoms with Crippen molar-refractivity contribution in [2.45, 2.75) is 12.5 Å². The molecule has 0 fully saturated rings. The minimum absolute atomic E-state index is 0.0341. The maximum atomic E-state index is 13.1. The predicted molar refractivity (Wildman–Crippen MR) is 73.9 cm³/mol. The largest absolute Gasteiger partial charge is 0.313 e. The van der Waals surface area contributed by atoms with Gasteiger partial charge in [-0.3, -0.25) is 0 Å². The van der Waals surface area contributed by atoms with Crippen LogP contribution in [0.25, 0.3) is 0 Å². The summed E-state index contributed by atoms with van der Waals surface area (Å²) < 4.78 is 27.3. The first kappa shape index (κ1) is 13.6. The Labute approximate surface area is 117 Å². The van der Waals surface area contributed by atoms with Crippen molar-refractivity contribution in [2.24, 2.45) is 0 Å². The molecule has 2 aromatic rings. The van der Waals surface area contributed by atoms with Crippen molar-refractivity contribution in [2.75, 3.05) is 7.05 Å². The van der Waals surface area contributed by atoms with Gasteiger partial charge in [0, 0.05) is 22.0 Å². The molecule has 0 spiro atoms. The van der Waals surface area contributed by atoms with Gasteiger partial charge in [-0.05, 0) is 58.0 Å². The molecule has 0 saturated carbocycles. The molecule has 5 heteroatoms. The molecule has 1 N–H and O–H groups in total. The van der Waals surface area contributed by atoms with Gasteiger partial charge in [-0.2, -0.15) is 11.3 Å². The van der Waals surface area contributed by atoms with Crippen LogP contribution in [0.15, 0.2) is 33.4 Å². The summed E-state index contributed by atoms with van der Waals surface area (Å²) in [5.41, 5.74) is 1.75. The number of rotatable bonds is 4. The van der Waals surface area contributed by atoms with Crippen LogP contribution in [0.2, 0.25) is 0 Å². The fourth-order valence-electron chi connectivity index (χ4n) is 1.87. The molecule has 18 heavy (non-hydrogen) atoms. The van der Waals surface area contributed by atoms with E-state index in [-0.39, 0.29) is 6.04 Å². The van der Waals surface area contributed by atoms with Gasteiger partial charge in [0.25, 0.3) is 0 Å². The average molecular weight is 332 g/mol. The molecule has 1 nitrogen and oxygen atoms in total. The van der Waals surface area contributed by atoms with Crippen LogP contribution in [0.3, 0.4) is 0 Å². The lowest BCUT2D eigenvalue weighted by atomic mass is 10.0. The molecule has 0 amide bonds. The molecular weight excluding hydrogens is 320 g/mol. The third-order valence-corrected chi connectivity index (χ3v) is 4.48. The standard InChI is InChI=1S/C13H12BrF2NS/c1-17-13(11-6-18-7-12(11)14)4-8-2-9(15)5-10(16)3-8/h2-3,5-7,13,17H,4H2,1H3. The third-order valence-electron chi connectivity index (χ3n) is 2.73. The number of nitrogens with one attached hydrogen (secondary N) is 1. The van der Waals surface area contributed by atoms with Gasteiger partial charge < -0.3 is 5.32 Å². The van der Waals surface area contributed by atoms with Crippen LogP contribution < -0.4 is 5.32 Å². The summed E-state index contributed by atoms with van der Waals surface area (Å²) in [7, 11) is 1.84. The Morgan fingerprint density at radius 2 is 1.89 bits per heavy atom. The molecule has 0 bridgehead atoms. The smallest absolute Gasteiger partial charge is 0.126 e. The predicted octanol–water partition coefficient (Wildman–Crippen LogP) is 4.29. The SMILES string of the molecule is CNC(Cc1cc(F)cc(F)c1)c1cscc1Br. The van der Waals surface area contributed by atoms with Gasteiger partial charge in [-0.15, -0.1) is 0 Å². The van der Waals surface area contributed by atoms with Crippen molar-refractivity contribution in [3.63, 3.8) is 0 Å². The molecule has 0 aliphatic rings. The van der Waals surface area contributed by atoms with Crippen molar-refractivity contribution >= 4 is 27.3 Å². The summed E-state index contributed by atoms with van der Waals surface area (Å²) in [5, 5.41) is 7.19. The minimum Gasteiger partial charge on any atom is -0.313 e. The molecule has 1 atom stereocenters. The van der Waals surface area contributed by atoms with Crippen molar-refractivity contribution < 1.29 is 8.78 Å². The van der Waals surface area contributed by atoms with E-state index in [1.54, 1.807) is 11.3 Å². The number of thiophene rings is 1. The molecule has 0 radical (unpaired) electrons. The Kier molecular flexibility index (Phi) is 4.48. The highest BCUT2D eigenvalue weighted by molar-refractivity contribution is 9.10. The fourth-order valence-corrected chi connectivity index (χ4v) is 3.50. The molecule has 2 rings (SSSR count). The van der Waals surface area contributed by atoms with Crippen molar-refractivity contribution in [1.29, 1.82) is 0 Å². The monoisotopic (exact) mass is 331 g/mol. The van der Waals surface area contributed by atoms with E-state index in [0.717, 1.165) is 16.1 Å². The first-order chi connectivity index (χ1) is 8.60. The maximum Gasteiger partial charge on any atom is 0.126 e. The summed E-state index contributed by atoms with van der Waals surface area (Å²) >= 11 is 5.06. The summed E-state index contributed by atoms with van der Waals surface area (Å²) in [4.78, 5) is 0. The van der Waals surface area contributed by atoms with E-state index >= 15 is 0 Å². The summed E-state index contributed by atoms with van der Waals surface area (Å²) in [6.07, 6.45) is 0.542. The van der Waals surface area contributed by atoms with E-state index in [2.05, 4.69) is 21.2 Å². The maximum absolute atomic E-state index is 13.1. The van der Waals surface area contributed by atoms with Crippen LogP contribution in [0, 0.1) is 11.6 Å². The van der Waals surface area contributed by atoms with Crippen LogP contribution in [0.4, 0.5) is 8.78 Å². The molecule has 1 heterocycles.